The zero-order valence-electron chi connectivity index (χ0n) is 11.9. The summed E-state index contributed by atoms with van der Waals surface area (Å²) >= 11 is 0. The van der Waals surface area contributed by atoms with Crippen molar-refractivity contribution in [3.05, 3.63) is 36.1 Å². The van der Waals surface area contributed by atoms with Gasteiger partial charge in [0.15, 0.2) is 5.76 Å². The van der Waals surface area contributed by atoms with Crippen molar-refractivity contribution in [2.45, 2.75) is 20.8 Å². The second-order valence-corrected chi connectivity index (χ2v) is 4.99. The zero-order valence-corrected chi connectivity index (χ0v) is 11.9. The van der Waals surface area contributed by atoms with Crippen molar-refractivity contribution in [1.29, 1.82) is 0 Å². The van der Waals surface area contributed by atoms with E-state index in [1.54, 1.807) is 19.1 Å². The van der Waals surface area contributed by atoms with Crippen molar-refractivity contribution in [3.63, 3.8) is 0 Å². The molecule has 1 unspecified atom stereocenters. The van der Waals surface area contributed by atoms with Gasteiger partial charge in [-0.25, -0.2) is 0 Å². The standard InChI is InChI=1S/C16H18O4/c1-4-19-16(18)14(10(2)3)15(17)13-9-11-7-5-6-8-12(11)20-13/h5-10,14H,4H2,1-3H3. The van der Waals surface area contributed by atoms with E-state index in [4.69, 9.17) is 9.15 Å². The number of furan rings is 1. The third-order valence-corrected chi connectivity index (χ3v) is 3.16. The summed E-state index contributed by atoms with van der Waals surface area (Å²) < 4.78 is 10.5. The first-order chi connectivity index (χ1) is 9.54. The Bertz CT molecular complexity index is 591. The lowest BCUT2D eigenvalue weighted by Crippen LogP contribution is -2.30. The average Bonchev–Trinajstić information content (AvgIpc) is 2.82. The summed E-state index contributed by atoms with van der Waals surface area (Å²) in [4.78, 5) is 24.4. The number of ketones is 1. The second-order valence-electron chi connectivity index (χ2n) is 4.99. The second kappa shape index (κ2) is 5.90. The highest BCUT2D eigenvalue weighted by Crippen LogP contribution is 2.24. The molecule has 1 aromatic heterocycles. The largest absolute Gasteiger partial charge is 0.465 e. The fraction of sp³-hybridized carbons (Fsp3) is 0.375. The van der Waals surface area contributed by atoms with Crippen molar-refractivity contribution in [2.24, 2.45) is 11.8 Å². The first kappa shape index (κ1) is 14.3. The lowest BCUT2D eigenvalue weighted by molar-refractivity contribution is -0.147. The van der Waals surface area contributed by atoms with Crippen LogP contribution in [0.2, 0.25) is 0 Å². The summed E-state index contributed by atoms with van der Waals surface area (Å²) in [5.41, 5.74) is 0.641. The molecular formula is C16H18O4. The highest BCUT2D eigenvalue weighted by atomic mass is 16.5. The van der Waals surface area contributed by atoms with E-state index in [0.717, 1.165) is 5.39 Å². The molecule has 1 aromatic carbocycles. The van der Waals surface area contributed by atoms with Crippen LogP contribution in [-0.2, 0) is 9.53 Å². The Morgan fingerprint density at radius 2 is 1.95 bits per heavy atom. The number of fused-ring (bicyclic) bond motifs is 1. The highest BCUT2D eigenvalue weighted by molar-refractivity contribution is 6.08. The van der Waals surface area contributed by atoms with Crippen LogP contribution < -0.4 is 0 Å². The summed E-state index contributed by atoms with van der Waals surface area (Å²) in [6, 6.07) is 9.04. The molecule has 4 heteroatoms. The van der Waals surface area contributed by atoms with Crippen molar-refractivity contribution in [1.82, 2.24) is 0 Å². The monoisotopic (exact) mass is 274 g/mol. The molecule has 0 aliphatic rings. The molecule has 0 fully saturated rings. The predicted molar refractivity (Wildman–Crippen MR) is 75.5 cm³/mol. The van der Waals surface area contributed by atoms with Crippen LogP contribution in [0.4, 0.5) is 0 Å². The fourth-order valence-electron chi connectivity index (χ4n) is 2.17. The minimum Gasteiger partial charge on any atom is -0.465 e. The number of benzene rings is 1. The Balaban J connectivity index is 2.33. The Morgan fingerprint density at radius 3 is 2.55 bits per heavy atom. The van der Waals surface area contributed by atoms with Gasteiger partial charge in [0.1, 0.15) is 11.5 Å². The number of hydrogen-bond donors (Lipinski definition) is 0. The van der Waals surface area contributed by atoms with Gasteiger partial charge in [-0.15, -0.1) is 0 Å². The molecule has 0 saturated heterocycles. The topological polar surface area (TPSA) is 56.5 Å². The van der Waals surface area contributed by atoms with Crippen molar-refractivity contribution in [3.8, 4) is 0 Å². The molecule has 0 spiro atoms. The van der Waals surface area contributed by atoms with E-state index in [2.05, 4.69) is 0 Å². The van der Waals surface area contributed by atoms with E-state index >= 15 is 0 Å². The highest BCUT2D eigenvalue weighted by Gasteiger charge is 2.33. The smallest absolute Gasteiger partial charge is 0.317 e. The Labute approximate surface area is 117 Å². The third-order valence-electron chi connectivity index (χ3n) is 3.16. The van der Waals surface area contributed by atoms with Gasteiger partial charge in [-0.1, -0.05) is 32.0 Å². The van der Waals surface area contributed by atoms with Crippen molar-refractivity contribution >= 4 is 22.7 Å². The van der Waals surface area contributed by atoms with Crippen LogP contribution >= 0.6 is 0 Å². The molecule has 106 valence electrons. The maximum atomic E-state index is 12.5. The van der Waals surface area contributed by atoms with Gasteiger partial charge < -0.3 is 9.15 Å². The maximum Gasteiger partial charge on any atom is 0.317 e. The molecule has 0 aliphatic carbocycles. The molecule has 2 aromatic rings. The molecule has 0 N–H and O–H groups in total. The number of esters is 1. The van der Waals surface area contributed by atoms with Crippen LogP contribution in [0, 0.1) is 11.8 Å². The van der Waals surface area contributed by atoms with Gasteiger partial charge in [0, 0.05) is 5.39 Å². The lowest BCUT2D eigenvalue weighted by Gasteiger charge is -2.16. The van der Waals surface area contributed by atoms with Gasteiger partial charge in [0.05, 0.1) is 6.61 Å². The van der Waals surface area contributed by atoms with Gasteiger partial charge in [-0.05, 0) is 25.0 Å². The molecule has 20 heavy (non-hydrogen) atoms. The first-order valence-electron chi connectivity index (χ1n) is 6.74. The van der Waals surface area contributed by atoms with E-state index in [0.29, 0.717) is 5.58 Å². The fourth-order valence-corrected chi connectivity index (χ4v) is 2.17. The molecule has 1 atom stereocenters. The zero-order chi connectivity index (χ0) is 14.7. The SMILES string of the molecule is CCOC(=O)C(C(=O)c1cc2ccccc2o1)C(C)C. The first-order valence-corrected chi connectivity index (χ1v) is 6.74. The summed E-state index contributed by atoms with van der Waals surface area (Å²) in [5.74, 6) is -1.58. The number of carbonyl (C=O) groups excluding carboxylic acids is 2. The average molecular weight is 274 g/mol. The summed E-state index contributed by atoms with van der Waals surface area (Å²) in [6.45, 7) is 5.63. The van der Waals surface area contributed by atoms with Gasteiger partial charge in [-0.3, -0.25) is 9.59 Å². The van der Waals surface area contributed by atoms with Crippen LogP contribution in [0.5, 0.6) is 0 Å². The summed E-state index contributed by atoms with van der Waals surface area (Å²) in [6.07, 6.45) is 0. The summed E-state index contributed by atoms with van der Waals surface area (Å²) in [7, 11) is 0. The number of rotatable bonds is 5. The van der Waals surface area contributed by atoms with E-state index in [9.17, 15) is 9.59 Å². The quantitative estimate of drug-likeness (QED) is 0.476. The predicted octanol–water partition coefficient (Wildman–Crippen LogP) is 3.45. The van der Waals surface area contributed by atoms with Crippen molar-refractivity contribution in [2.75, 3.05) is 6.61 Å². The van der Waals surface area contributed by atoms with Gasteiger partial charge in [-0.2, -0.15) is 0 Å². The minimum absolute atomic E-state index is 0.144. The molecule has 0 aliphatic heterocycles. The molecule has 0 radical (unpaired) electrons. The van der Waals surface area contributed by atoms with Crippen LogP contribution in [0.25, 0.3) is 11.0 Å². The van der Waals surface area contributed by atoms with E-state index < -0.39 is 11.9 Å². The molecule has 1 heterocycles. The molecule has 0 amide bonds. The molecule has 0 saturated carbocycles. The minimum atomic E-state index is -0.824. The number of para-hydroxylation sites is 1. The van der Waals surface area contributed by atoms with Crippen LogP contribution in [-0.4, -0.2) is 18.4 Å². The lowest BCUT2D eigenvalue weighted by atomic mass is 9.90. The van der Waals surface area contributed by atoms with E-state index in [1.165, 1.54) is 0 Å². The number of hydrogen-bond acceptors (Lipinski definition) is 4. The van der Waals surface area contributed by atoms with Gasteiger partial charge in [0.25, 0.3) is 0 Å². The number of Topliss-reactive ketones (excluding diaryl/α,β-unsaturated/α-hetero) is 1. The van der Waals surface area contributed by atoms with Crippen LogP contribution in [0.1, 0.15) is 31.3 Å². The molecule has 0 bridgehead atoms. The van der Waals surface area contributed by atoms with Gasteiger partial charge in [0.2, 0.25) is 5.78 Å². The molecule has 2 rings (SSSR count). The van der Waals surface area contributed by atoms with Crippen LogP contribution in [0.3, 0.4) is 0 Å². The van der Waals surface area contributed by atoms with Crippen molar-refractivity contribution < 1.29 is 18.7 Å². The molecular weight excluding hydrogens is 256 g/mol. The molecule has 4 nitrogen and oxygen atoms in total. The normalized spacial score (nSPS) is 12.6. The Morgan fingerprint density at radius 1 is 1.25 bits per heavy atom. The Kier molecular flexibility index (Phi) is 4.23. The van der Waals surface area contributed by atoms with Crippen LogP contribution in [0.15, 0.2) is 34.7 Å². The maximum absolute atomic E-state index is 12.5. The number of ether oxygens (including phenoxy) is 1. The van der Waals surface area contributed by atoms with Gasteiger partial charge >= 0.3 is 5.97 Å². The third kappa shape index (κ3) is 2.74. The summed E-state index contributed by atoms with van der Waals surface area (Å²) in [5, 5.41) is 0.849. The number of carbonyl (C=O) groups is 2. The van der Waals surface area contributed by atoms with E-state index in [-0.39, 0.29) is 24.1 Å². The van der Waals surface area contributed by atoms with E-state index in [1.807, 2.05) is 32.0 Å². The Hall–Kier alpha value is -2.10.